The summed E-state index contributed by atoms with van der Waals surface area (Å²) in [4.78, 5) is 0. The van der Waals surface area contributed by atoms with Crippen LogP contribution in [0.2, 0.25) is 0 Å². The Bertz CT molecular complexity index is 193. The maximum absolute atomic E-state index is 9.68. The van der Waals surface area contributed by atoms with Gasteiger partial charge < -0.3 is 14.9 Å². The van der Waals surface area contributed by atoms with Gasteiger partial charge in [-0.2, -0.15) is 0 Å². The summed E-state index contributed by atoms with van der Waals surface area (Å²) in [6.07, 6.45) is 4.72. The summed E-state index contributed by atoms with van der Waals surface area (Å²) < 4.78 is 5.59. The molecule has 3 heteroatoms. The summed E-state index contributed by atoms with van der Waals surface area (Å²) in [7, 11) is 0. The lowest BCUT2D eigenvalue weighted by molar-refractivity contribution is -0.0726. The molecule has 2 N–H and O–H groups in total. The van der Waals surface area contributed by atoms with E-state index in [1.165, 1.54) is 0 Å². The van der Waals surface area contributed by atoms with E-state index in [4.69, 9.17) is 4.74 Å². The average molecular weight is 212 g/mol. The average Bonchev–Trinajstić information content (AvgIpc) is 2.67. The quantitative estimate of drug-likeness (QED) is 0.654. The van der Waals surface area contributed by atoms with E-state index in [9.17, 15) is 10.2 Å². The van der Waals surface area contributed by atoms with Gasteiger partial charge in [0.25, 0.3) is 0 Å². The van der Waals surface area contributed by atoms with Gasteiger partial charge >= 0.3 is 0 Å². The largest absolute Gasteiger partial charge is 0.390 e. The van der Waals surface area contributed by atoms with Crippen molar-refractivity contribution in [3.05, 3.63) is 25.3 Å². The van der Waals surface area contributed by atoms with Gasteiger partial charge in [-0.3, -0.25) is 0 Å². The standard InChI is InChI=1S/C12H20O3/c1-3-5-9(13)11-7-8-12(15-11)10(14)6-4-2/h3-4,9-14H,1-2,5-8H2/t9-,10+,11+,12-. The molecule has 0 spiro atoms. The zero-order valence-electron chi connectivity index (χ0n) is 9.01. The third-order valence-electron chi connectivity index (χ3n) is 2.76. The molecule has 0 bridgehead atoms. The first-order chi connectivity index (χ1) is 7.19. The molecule has 1 fully saturated rings. The fourth-order valence-corrected chi connectivity index (χ4v) is 1.90. The summed E-state index contributed by atoms with van der Waals surface area (Å²) in [5.41, 5.74) is 0. The van der Waals surface area contributed by atoms with E-state index >= 15 is 0 Å². The molecule has 1 aliphatic rings. The molecule has 0 aliphatic carbocycles. The van der Waals surface area contributed by atoms with E-state index in [1.54, 1.807) is 12.2 Å². The first-order valence-electron chi connectivity index (χ1n) is 5.42. The van der Waals surface area contributed by atoms with E-state index in [-0.39, 0.29) is 12.2 Å². The Morgan fingerprint density at radius 1 is 1.07 bits per heavy atom. The van der Waals surface area contributed by atoms with E-state index in [2.05, 4.69) is 13.2 Å². The molecule has 1 heterocycles. The predicted octanol–water partition coefficient (Wildman–Crippen LogP) is 1.41. The van der Waals surface area contributed by atoms with Gasteiger partial charge in [0.2, 0.25) is 0 Å². The van der Waals surface area contributed by atoms with Crippen LogP contribution in [0.25, 0.3) is 0 Å². The molecule has 15 heavy (non-hydrogen) atoms. The van der Waals surface area contributed by atoms with Gasteiger partial charge in [0.15, 0.2) is 0 Å². The fourth-order valence-electron chi connectivity index (χ4n) is 1.90. The van der Waals surface area contributed by atoms with Crippen molar-refractivity contribution < 1.29 is 14.9 Å². The summed E-state index contributed by atoms with van der Waals surface area (Å²) in [5, 5.41) is 19.4. The SMILES string of the molecule is C=CC[C@@H](O)[C@@H]1CC[C@H]([C@@H](O)CC=C)O1. The van der Waals surface area contributed by atoms with Crippen LogP contribution in [0.5, 0.6) is 0 Å². The number of rotatable bonds is 6. The Morgan fingerprint density at radius 3 is 1.80 bits per heavy atom. The molecule has 1 aliphatic heterocycles. The molecule has 0 saturated carbocycles. The fraction of sp³-hybridized carbons (Fsp3) is 0.667. The number of aliphatic hydroxyl groups is 2. The molecule has 0 amide bonds. The molecule has 1 saturated heterocycles. The van der Waals surface area contributed by atoms with Crippen molar-refractivity contribution in [3.63, 3.8) is 0 Å². The summed E-state index contributed by atoms with van der Waals surface area (Å²) in [6, 6.07) is 0. The molecule has 0 radical (unpaired) electrons. The minimum atomic E-state index is -0.497. The Labute approximate surface area is 91.1 Å². The maximum Gasteiger partial charge on any atom is 0.0843 e. The lowest BCUT2D eigenvalue weighted by atomic mass is 10.0. The molecule has 3 nitrogen and oxygen atoms in total. The van der Waals surface area contributed by atoms with Crippen molar-refractivity contribution in [1.29, 1.82) is 0 Å². The predicted molar refractivity (Wildman–Crippen MR) is 59.5 cm³/mol. The van der Waals surface area contributed by atoms with Gasteiger partial charge in [-0.25, -0.2) is 0 Å². The monoisotopic (exact) mass is 212 g/mol. The summed E-state index contributed by atoms with van der Waals surface area (Å²) in [6.45, 7) is 7.15. The van der Waals surface area contributed by atoms with Gasteiger partial charge in [-0.1, -0.05) is 12.2 Å². The molecular formula is C12H20O3. The first kappa shape index (κ1) is 12.4. The summed E-state index contributed by atoms with van der Waals surface area (Å²) >= 11 is 0. The third-order valence-corrected chi connectivity index (χ3v) is 2.76. The number of hydrogen-bond donors (Lipinski definition) is 2. The van der Waals surface area contributed by atoms with Gasteiger partial charge in [-0.05, 0) is 25.7 Å². The van der Waals surface area contributed by atoms with Gasteiger partial charge in [0.1, 0.15) is 0 Å². The molecular weight excluding hydrogens is 192 g/mol. The van der Waals surface area contributed by atoms with Crippen molar-refractivity contribution in [2.75, 3.05) is 0 Å². The van der Waals surface area contributed by atoms with Crippen molar-refractivity contribution in [2.24, 2.45) is 0 Å². The van der Waals surface area contributed by atoms with Crippen LogP contribution in [0.4, 0.5) is 0 Å². The molecule has 4 atom stereocenters. The summed E-state index contributed by atoms with van der Waals surface area (Å²) in [5.74, 6) is 0. The van der Waals surface area contributed by atoms with Crippen LogP contribution in [-0.2, 0) is 4.74 Å². The lowest BCUT2D eigenvalue weighted by Gasteiger charge is -2.20. The second-order valence-electron chi connectivity index (χ2n) is 3.97. The third kappa shape index (κ3) is 3.45. The molecule has 86 valence electrons. The zero-order valence-corrected chi connectivity index (χ0v) is 9.01. The highest BCUT2D eigenvalue weighted by Gasteiger charge is 2.33. The van der Waals surface area contributed by atoms with Crippen molar-refractivity contribution in [2.45, 2.75) is 50.1 Å². The molecule has 0 unspecified atom stereocenters. The highest BCUT2D eigenvalue weighted by Crippen LogP contribution is 2.26. The van der Waals surface area contributed by atoms with E-state index < -0.39 is 12.2 Å². The van der Waals surface area contributed by atoms with Crippen LogP contribution in [0, 0.1) is 0 Å². The van der Waals surface area contributed by atoms with E-state index in [0.29, 0.717) is 12.8 Å². The van der Waals surface area contributed by atoms with Crippen LogP contribution >= 0.6 is 0 Å². The van der Waals surface area contributed by atoms with Crippen LogP contribution in [0.15, 0.2) is 25.3 Å². The molecule has 0 aromatic rings. The van der Waals surface area contributed by atoms with Gasteiger partial charge in [0.05, 0.1) is 24.4 Å². The van der Waals surface area contributed by atoms with Crippen molar-refractivity contribution in [3.8, 4) is 0 Å². The normalized spacial score (nSPS) is 29.7. The van der Waals surface area contributed by atoms with Crippen LogP contribution in [-0.4, -0.2) is 34.6 Å². The van der Waals surface area contributed by atoms with Crippen LogP contribution in [0.1, 0.15) is 25.7 Å². The number of aliphatic hydroxyl groups excluding tert-OH is 2. The molecule has 1 rings (SSSR count). The van der Waals surface area contributed by atoms with Gasteiger partial charge in [0, 0.05) is 0 Å². The number of hydrogen-bond acceptors (Lipinski definition) is 3. The topological polar surface area (TPSA) is 49.7 Å². The Morgan fingerprint density at radius 2 is 1.47 bits per heavy atom. The van der Waals surface area contributed by atoms with Crippen molar-refractivity contribution in [1.82, 2.24) is 0 Å². The number of ether oxygens (including phenoxy) is 1. The minimum absolute atomic E-state index is 0.160. The Hall–Kier alpha value is -0.640. The smallest absolute Gasteiger partial charge is 0.0843 e. The first-order valence-corrected chi connectivity index (χ1v) is 5.42. The minimum Gasteiger partial charge on any atom is -0.390 e. The van der Waals surface area contributed by atoms with E-state index in [1.807, 2.05) is 0 Å². The van der Waals surface area contributed by atoms with Crippen molar-refractivity contribution >= 4 is 0 Å². The Balaban J connectivity index is 2.37. The second-order valence-corrected chi connectivity index (χ2v) is 3.97. The second kappa shape index (κ2) is 6.05. The zero-order chi connectivity index (χ0) is 11.3. The lowest BCUT2D eigenvalue weighted by Crippen LogP contribution is -2.30. The Kier molecular flexibility index (Phi) is 5.02. The van der Waals surface area contributed by atoms with Gasteiger partial charge in [-0.15, -0.1) is 13.2 Å². The molecule has 0 aromatic heterocycles. The highest BCUT2D eigenvalue weighted by molar-refractivity contribution is 4.88. The maximum atomic E-state index is 9.68. The van der Waals surface area contributed by atoms with Crippen LogP contribution < -0.4 is 0 Å². The van der Waals surface area contributed by atoms with E-state index in [0.717, 1.165) is 12.8 Å². The highest BCUT2D eigenvalue weighted by atomic mass is 16.5. The molecule has 0 aromatic carbocycles. The van der Waals surface area contributed by atoms with Crippen LogP contribution in [0.3, 0.4) is 0 Å².